The van der Waals surface area contributed by atoms with Crippen LogP contribution in [-0.4, -0.2) is 58.7 Å². The Morgan fingerprint density at radius 3 is 1.66 bits per heavy atom. The zero-order chi connectivity index (χ0) is 21.4. The number of methoxy groups -OCH3 is 1. The minimum Gasteiger partial charge on any atom is -0.497 e. The summed E-state index contributed by atoms with van der Waals surface area (Å²) >= 11 is 0. The fourth-order valence-electron chi connectivity index (χ4n) is 3.75. The van der Waals surface area contributed by atoms with Crippen LogP contribution in [0.1, 0.15) is 16.7 Å². The molecule has 0 atom stereocenters. The molecule has 1 saturated heterocycles. The molecule has 1 aliphatic rings. The van der Waals surface area contributed by atoms with Gasteiger partial charge in [-0.25, -0.2) is 16.8 Å². The monoisotopic (exact) mass is 438 g/mol. The van der Waals surface area contributed by atoms with Crippen LogP contribution in [-0.2, 0) is 20.0 Å². The number of aryl methyl sites for hydroxylation is 3. The van der Waals surface area contributed by atoms with E-state index >= 15 is 0 Å². The lowest BCUT2D eigenvalue weighted by molar-refractivity contribution is 0.272. The van der Waals surface area contributed by atoms with Crippen molar-refractivity contribution in [3.8, 4) is 5.75 Å². The number of sulfonamides is 2. The molecule has 0 spiro atoms. The van der Waals surface area contributed by atoms with Gasteiger partial charge in [-0.3, -0.25) is 0 Å². The van der Waals surface area contributed by atoms with Crippen molar-refractivity contribution in [3.05, 3.63) is 53.1 Å². The van der Waals surface area contributed by atoms with Gasteiger partial charge in [-0.2, -0.15) is 8.61 Å². The first-order valence-corrected chi connectivity index (χ1v) is 12.2. The third-order valence-electron chi connectivity index (χ3n) is 5.10. The van der Waals surface area contributed by atoms with Crippen molar-refractivity contribution in [3.63, 3.8) is 0 Å². The summed E-state index contributed by atoms with van der Waals surface area (Å²) in [5.74, 6) is 0.573. The number of benzene rings is 2. The van der Waals surface area contributed by atoms with Gasteiger partial charge >= 0.3 is 0 Å². The number of hydrogen-bond donors (Lipinski definition) is 0. The Labute approximate surface area is 173 Å². The highest BCUT2D eigenvalue weighted by Crippen LogP contribution is 2.27. The van der Waals surface area contributed by atoms with Crippen molar-refractivity contribution in [2.24, 2.45) is 0 Å². The first kappa shape index (κ1) is 21.8. The van der Waals surface area contributed by atoms with Gasteiger partial charge in [-0.1, -0.05) is 17.7 Å². The third-order valence-corrected chi connectivity index (χ3v) is 9.22. The number of piperazine rings is 1. The highest BCUT2D eigenvalue weighted by Gasteiger charge is 2.35. The van der Waals surface area contributed by atoms with Crippen LogP contribution in [0.2, 0.25) is 0 Å². The summed E-state index contributed by atoms with van der Waals surface area (Å²) in [4.78, 5) is 0.481. The molecule has 1 aliphatic heterocycles. The fourth-order valence-corrected chi connectivity index (χ4v) is 7.01. The molecule has 1 fully saturated rings. The summed E-state index contributed by atoms with van der Waals surface area (Å²) in [6, 6.07) is 9.88. The first-order valence-electron chi connectivity index (χ1n) is 9.29. The van der Waals surface area contributed by atoms with E-state index in [0.29, 0.717) is 21.8 Å². The maximum atomic E-state index is 13.2. The Morgan fingerprint density at radius 1 is 0.759 bits per heavy atom. The van der Waals surface area contributed by atoms with Crippen LogP contribution >= 0.6 is 0 Å². The van der Waals surface area contributed by atoms with Crippen molar-refractivity contribution in [1.82, 2.24) is 8.61 Å². The minimum absolute atomic E-state index is 0.109. The van der Waals surface area contributed by atoms with Gasteiger partial charge in [-0.15, -0.1) is 0 Å². The molecule has 1 heterocycles. The second kappa shape index (κ2) is 8.06. The molecule has 0 aromatic heterocycles. The van der Waals surface area contributed by atoms with Gasteiger partial charge in [-0.05, 0) is 56.2 Å². The standard InChI is InChI=1S/C20H26N2O5S2/c1-15-13-16(2)20(17(3)14-15)29(25,26)22-11-9-21(10-12-22)28(23,24)19-7-5-18(27-4)6-8-19/h5-8,13-14H,9-12H2,1-4H3. The molecule has 3 rings (SSSR count). The van der Waals surface area contributed by atoms with E-state index in [-0.39, 0.29) is 31.1 Å². The molecule has 0 N–H and O–H groups in total. The van der Waals surface area contributed by atoms with Crippen molar-refractivity contribution in [2.75, 3.05) is 33.3 Å². The van der Waals surface area contributed by atoms with E-state index in [1.807, 2.05) is 19.1 Å². The molecule has 29 heavy (non-hydrogen) atoms. The molecule has 158 valence electrons. The number of nitrogens with zero attached hydrogens (tertiary/aromatic N) is 2. The average Bonchev–Trinajstić information content (AvgIpc) is 2.67. The number of ether oxygens (including phenoxy) is 1. The van der Waals surface area contributed by atoms with Crippen LogP contribution in [0.4, 0.5) is 0 Å². The van der Waals surface area contributed by atoms with Crippen LogP contribution in [0.15, 0.2) is 46.2 Å². The maximum absolute atomic E-state index is 13.2. The average molecular weight is 439 g/mol. The van der Waals surface area contributed by atoms with Crippen molar-refractivity contribution in [2.45, 2.75) is 30.6 Å². The Hall–Kier alpha value is -1.94. The summed E-state index contributed by atoms with van der Waals surface area (Å²) in [6.07, 6.45) is 0. The van der Waals surface area contributed by atoms with E-state index in [0.717, 1.165) is 5.56 Å². The predicted octanol–water partition coefficient (Wildman–Crippen LogP) is 2.32. The third kappa shape index (κ3) is 4.18. The van der Waals surface area contributed by atoms with Gasteiger partial charge in [0.25, 0.3) is 0 Å². The van der Waals surface area contributed by atoms with Crippen LogP contribution in [0.3, 0.4) is 0 Å². The zero-order valence-electron chi connectivity index (χ0n) is 17.0. The van der Waals surface area contributed by atoms with Gasteiger partial charge in [0.05, 0.1) is 16.9 Å². The molecule has 0 saturated carbocycles. The van der Waals surface area contributed by atoms with E-state index in [1.54, 1.807) is 26.0 Å². The highest BCUT2D eigenvalue weighted by molar-refractivity contribution is 7.89. The Bertz CT molecular complexity index is 1080. The summed E-state index contributed by atoms with van der Waals surface area (Å²) in [5, 5.41) is 0. The lowest BCUT2D eigenvalue weighted by atomic mass is 10.1. The predicted molar refractivity (Wildman–Crippen MR) is 111 cm³/mol. The Kier molecular flexibility index (Phi) is 6.05. The molecule has 0 unspecified atom stereocenters. The molecule has 0 bridgehead atoms. The number of hydrogen-bond acceptors (Lipinski definition) is 5. The van der Waals surface area contributed by atoms with Crippen molar-refractivity contribution in [1.29, 1.82) is 0 Å². The highest BCUT2D eigenvalue weighted by atomic mass is 32.2. The van der Waals surface area contributed by atoms with Crippen LogP contribution in [0.25, 0.3) is 0 Å². The van der Waals surface area contributed by atoms with E-state index in [2.05, 4.69) is 0 Å². The molecule has 2 aromatic rings. The maximum Gasteiger partial charge on any atom is 0.243 e. The molecule has 2 aromatic carbocycles. The van der Waals surface area contributed by atoms with E-state index in [9.17, 15) is 16.8 Å². The summed E-state index contributed by atoms with van der Waals surface area (Å²) < 4.78 is 59.9. The van der Waals surface area contributed by atoms with Crippen LogP contribution < -0.4 is 4.74 Å². The molecule has 0 aliphatic carbocycles. The van der Waals surface area contributed by atoms with Crippen LogP contribution in [0.5, 0.6) is 5.75 Å². The normalized spacial score (nSPS) is 16.7. The van der Waals surface area contributed by atoms with Crippen molar-refractivity contribution < 1.29 is 21.6 Å². The summed E-state index contributed by atoms with van der Waals surface area (Å²) in [5.41, 5.74) is 2.42. The molecule has 0 amide bonds. The van der Waals surface area contributed by atoms with Gasteiger partial charge in [0.15, 0.2) is 0 Å². The topological polar surface area (TPSA) is 84.0 Å². The van der Waals surface area contributed by atoms with E-state index in [1.165, 1.54) is 27.9 Å². The van der Waals surface area contributed by atoms with E-state index < -0.39 is 20.0 Å². The quantitative estimate of drug-likeness (QED) is 0.715. The lowest BCUT2D eigenvalue weighted by Gasteiger charge is -2.33. The summed E-state index contributed by atoms with van der Waals surface area (Å²) in [6.45, 7) is 5.96. The Balaban J connectivity index is 1.79. The largest absolute Gasteiger partial charge is 0.497 e. The minimum atomic E-state index is -3.69. The van der Waals surface area contributed by atoms with Gasteiger partial charge in [0.1, 0.15) is 5.75 Å². The SMILES string of the molecule is COc1ccc(S(=O)(=O)N2CCN(S(=O)(=O)c3c(C)cc(C)cc3C)CC2)cc1. The molecule has 9 heteroatoms. The second-order valence-electron chi connectivity index (χ2n) is 7.21. The molecular formula is C20H26N2O5S2. The van der Waals surface area contributed by atoms with Gasteiger partial charge in [0.2, 0.25) is 20.0 Å². The first-order chi connectivity index (χ1) is 13.6. The second-order valence-corrected chi connectivity index (χ2v) is 11.0. The number of rotatable bonds is 5. The van der Waals surface area contributed by atoms with Gasteiger partial charge in [0, 0.05) is 26.2 Å². The smallest absolute Gasteiger partial charge is 0.243 e. The molecule has 7 nitrogen and oxygen atoms in total. The zero-order valence-corrected chi connectivity index (χ0v) is 18.7. The Morgan fingerprint density at radius 2 is 1.21 bits per heavy atom. The van der Waals surface area contributed by atoms with Crippen LogP contribution in [0, 0.1) is 20.8 Å². The molecule has 0 radical (unpaired) electrons. The molecular weight excluding hydrogens is 412 g/mol. The fraction of sp³-hybridized carbons (Fsp3) is 0.400. The summed E-state index contributed by atoms with van der Waals surface area (Å²) in [7, 11) is -5.86. The lowest BCUT2D eigenvalue weighted by Crippen LogP contribution is -2.50. The van der Waals surface area contributed by atoms with Crippen molar-refractivity contribution >= 4 is 20.0 Å². The van der Waals surface area contributed by atoms with E-state index in [4.69, 9.17) is 4.74 Å². The van der Waals surface area contributed by atoms with Gasteiger partial charge < -0.3 is 4.74 Å².